The van der Waals surface area contributed by atoms with Gasteiger partial charge in [-0.2, -0.15) is 0 Å². The van der Waals surface area contributed by atoms with Gasteiger partial charge in [-0.1, -0.05) is 25.1 Å². The molecule has 1 aromatic rings. The highest BCUT2D eigenvalue weighted by Crippen LogP contribution is 2.35. The molecular formula is C16H23NO2. The van der Waals surface area contributed by atoms with Crippen LogP contribution in [0.5, 0.6) is 0 Å². The van der Waals surface area contributed by atoms with Crippen molar-refractivity contribution in [1.82, 2.24) is 0 Å². The lowest BCUT2D eigenvalue weighted by atomic mass is 9.77. The third kappa shape index (κ3) is 3.28. The van der Waals surface area contributed by atoms with Gasteiger partial charge in [0, 0.05) is 5.69 Å². The number of carbonyl (C=O) groups excluding carboxylic acids is 1. The Labute approximate surface area is 115 Å². The second kappa shape index (κ2) is 6.09. The van der Waals surface area contributed by atoms with Gasteiger partial charge in [-0.3, -0.25) is 0 Å². The number of nitrogens with one attached hydrogen (secondary N) is 1. The number of rotatable bonds is 4. The van der Waals surface area contributed by atoms with Crippen LogP contribution in [0.15, 0.2) is 30.3 Å². The van der Waals surface area contributed by atoms with E-state index in [2.05, 4.69) is 12.2 Å². The molecule has 0 radical (unpaired) electrons. The molecule has 1 aliphatic rings. The van der Waals surface area contributed by atoms with E-state index >= 15 is 0 Å². The molecule has 1 aliphatic carbocycles. The Hall–Kier alpha value is -1.51. The van der Waals surface area contributed by atoms with Crippen LogP contribution < -0.4 is 5.32 Å². The van der Waals surface area contributed by atoms with E-state index < -0.39 is 5.54 Å². The zero-order chi connectivity index (χ0) is 13.7. The maximum atomic E-state index is 12.3. The van der Waals surface area contributed by atoms with E-state index in [-0.39, 0.29) is 5.97 Å². The molecular weight excluding hydrogens is 238 g/mol. The fourth-order valence-electron chi connectivity index (χ4n) is 2.70. The zero-order valence-corrected chi connectivity index (χ0v) is 11.8. The highest BCUT2D eigenvalue weighted by Gasteiger charge is 2.42. The number of para-hydroxylation sites is 1. The lowest BCUT2D eigenvalue weighted by Crippen LogP contribution is -2.50. The van der Waals surface area contributed by atoms with Gasteiger partial charge in [0.25, 0.3) is 0 Å². The SMILES string of the molecule is CCOC(=O)C1(Nc2ccccc2)CCC(C)CC1. The molecule has 1 fully saturated rings. The smallest absolute Gasteiger partial charge is 0.331 e. The molecule has 3 nitrogen and oxygen atoms in total. The minimum atomic E-state index is -0.538. The summed E-state index contributed by atoms with van der Waals surface area (Å²) in [5.74, 6) is 0.589. The molecule has 2 rings (SSSR count). The van der Waals surface area contributed by atoms with Gasteiger partial charge < -0.3 is 10.1 Å². The van der Waals surface area contributed by atoms with Gasteiger partial charge in [0.05, 0.1) is 6.61 Å². The molecule has 0 unspecified atom stereocenters. The summed E-state index contributed by atoms with van der Waals surface area (Å²) in [4.78, 5) is 12.3. The highest BCUT2D eigenvalue weighted by atomic mass is 16.5. The van der Waals surface area contributed by atoms with Crippen LogP contribution in [-0.4, -0.2) is 18.1 Å². The molecule has 0 atom stereocenters. The van der Waals surface area contributed by atoms with Crippen molar-refractivity contribution in [3.05, 3.63) is 30.3 Å². The first-order valence-corrected chi connectivity index (χ1v) is 7.17. The Morgan fingerprint density at radius 3 is 2.53 bits per heavy atom. The summed E-state index contributed by atoms with van der Waals surface area (Å²) in [7, 11) is 0. The lowest BCUT2D eigenvalue weighted by molar-refractivity contribution is -0.150. The summed E-state index contributed by atoms with van der Waals surface area (Å²) in [6.07, 6.45) is 3.83. The van der Waals surface area contributed by atoms with Crippen LogP contribution in [0.25, 0.3) is 0 Å². The van der Waals surface area contributed by atoms with Gasteiger partial charge in [-0.25, -0.2) is 4.79 Å². The first-order chi connectivity index (χ1) is 9.16. The second-order valence-electron chi connectivity index (χ2n) is 5.48. The molecule has 1 saturated carbocycles. The van der Waals surface area contributed by atoms with E-state index in [4.69, 9.17) is 4.74 Å². The van der Waals surface area contributed by atoms with Crippen LogP contribution >= 0.6 is 0 Å². The van der Waals surface area contributed by atoms with E-state index in [1.165, 1.54) is 0 Å². The van der Waals surface area contributed by atoms with Gasteiger partial charge in [-0.05, 0) is 50.7 Å². The van der Waals surface area contributed by atoms with Crippen molar-refractivity contribution < 1.29 is 9.53 Å². The van der Waals surface area contributed by atoms with Crippen molar-refractivity contribution in [3.63, 3.8) is 0 Å². The second-order valence-corrected chi connectivity index (χ2v) is 5.48. The number of hydrogen-bond donors (Lipinski definition) is 1. The minimum absolute atomic E-state index is 0.106. The molecule has 0 spiro atoms. The van der Waals surface area contributed by atoms with E-state index in [0.717, 1.165) is 31.4 Å². The number of esters is 1. The average molecular weight is 261 g/mol. The molecule has 3 heteroatoms. The Kier molecular flexibility index (Phi) is 4.46. The van der Waals surface area contributed by atoms with Crippen molar-refractivity contribution in [2.45, 2.75) is 45.1 Å². The molecule has 0 aromatic heterocycles. The quantitative estimate of drug-likeness (QED) is 0.841. The Morgan fingerprint density at radius 1 is 1.32 bits per heavy atom. The van der Waals surface area contributed by atoms with E-state index in [1.54, 1.807) is 0 Å². The van der Waals surface area contributed by atoms with Gasteiger partial charge in [-0.15, -0.1) is 0 Å². The minimum Gasteiger partial charge on any atom is -0.464 e. The predicted molar refractivity (Wildman–Crippen MR) is 77.1 cm³/mol. The molecule has 0 bridgehead atoms. The third-order valence-electron chi connectivity index (χ3n) is 3.95. The molecule has 104 valence electrons. The van der Waals surface area contributed by atoms with Crippen molar-refractivity contribution in [1.29, 1.82) is 0 Å². The number of benzene rings is 1. The fraction of sp³-hybridized carbons (Fsp3) is 0.562. The standard InChI is InChI=1S/C16H23NO2/c1-3-19-15(18)16(11-9-13(2)10-12-16)17-14-7-5-4-6-8-14/h4-8,13,17H,3,9-12H2,1-2H3. The molecule has 1 aromatic carbocycles. The fourth-order valence-corrected chi connectivity index (χ4v) is 2.70. The molecule has 0 amide bonds. The molecule has 19 heavy (non-hydrogen) atoms. The van der Waals surface area contributed by atoms with Crippen LogP contribution in [0.1, 0.15) is 39.5 Å². The van der Waals surface area contributed by atoms with Crippen molar-refractivity contribution in [3.8, 4) is 0 Å². The highest BCUT2D eigenvalue weighted by molar-refractivity contribution is 5.84. The van der Waals surface area contributed by atoms with Crippen LogP contribution in [0.2, 0.25) is 0 Å². The molecule has 1 N–H and O–H groups in total. The number of carbonyl (C=O) groups is 1. The molecule has 0 heterocycles. The van der Waals surface area contributed by atoms with Gasteiger partial charge >= 0.3 is 5.97 Å². The average Bonchev–Trinajstić information content (AvgIpc) is 2.43. The normalized spacial score (nSPS) is 26.7. The first-order valence-electron chi connectivity index (χ1n) is 7.17. The summed E-state index contributed by atoms with van der Waals surface area (Å²) in [6.45, 7) is 4.55. The van der Waals surface area contributed by atoms with Crippen LogP contribution in [-0.2, 0) is 9.53 Å². The Balaban J connectivity index is 2.17. The zero-order valence-electron chi connectivity index (χ0n) is 11.8. The Bertz CT molecular complexity index is 408. The topological polar surface area (TPSA) is 38.3 Å². The predicted octanol–water partition coefficient (Wildman–Crippen LogP) is 3.61. The summed E-state index contributed by atoms with van der Waals surface area (Å²) in [6, 6.07) is 9.93. The number of hydrogen-bond acceptors (Lipinski definition) is 3. The van der Waals surface area contributed by atoms with Crippen molar-refractivity contribution in [2.24, 2.45) is 5.92 Å². The summed E-state index contributed by atoms with van der Waals surface area (Å²) >= 11 is 0. The maximum Gasteiger partial charge on any atom is 0.331 e. The van der Waals surface area contributed by atoms with Crippen LogP contribution in [0.3, 0.4) is 0 Å². The van der Waals surface area contributed by atoms with E-state index in [0.29, 0.717) is 12.5 Å². The maximum absolute atomic E-state index is 12.3. The van der Waals surface area contributed by atoms with Gasteiger partial charge in [0.1, 0.15) is 5.54 Å². The monoisotopic (exact) mass is 261 g/mol. The van der Waals surface area contributed by atoms with Gasteiger partial charge in [0.15, 0.2) is 0 Å². The van der Waals surface area contributed by atoms with E-state index in [1.807, 2.05) is 37.3 Å². The van der Waals surface area contributed by atoms with Crippen LogP contribution in [0, 0.1) is 5.92 Å². The van der Waals surface area contributed by atoms with E-state index in [9.17, 15) is 4.79 Å². The van der Waals surface area contributed by atoms with Crippen molar-refractivity contribution in [2.75, 3.05) is 11.9 Å². The molecule has 0 saturated heterocycles. The number of anilines is 1. The summed E-state index contributed by atoms with van der Waals surface area (Å²) in [5.41, 5.74) is 0.453. The summed E-state index contributed by atoms with van der Waals surface area (Å²) < 4.78 is 5.29. The van der Waals surface area contributed by atoms with Crippen molar-refractivity contribution >= 4 is 11.7 Å². The Morgan fingerprint density at radius 2 is 1.95 bits per heavy atom. The largest absolute Gasteiger partial charge is 0.464 e. The van der Waals surface area contributed by atoms with Gasteiger partial charge in [0.2, 0.25) is 0 Å². The number of ether oxygens (including phenoxy) is 1. The van der Waals surface area contributed by atoms with Crippen LogP contribution in [0.4, 0.5) is 5.69 Å². The first kappa shape index (κ1) is 13.9. The lowest BCUT2D eigenvalue weighted by Gasteiger charge is -2.38. The third-order valence-corrected chi connectivity index (χ3v) is 3.95. The summed E-state index contributed by atoms with van der Waals surface area (Å²) in [5, 5.41) is 3.42. The molecule has 0 aliphatic heterocycles.